The van der Waals surface area contributed by atoms with Gasteiger partial charge in [-0.05, 0) is 6.42 Å². The van der Waals surface area contributed by atoms with E-state index in [0.717, 1.165) is 13.1 Å². The second-order valence-corrected chi connectivity index (χ2v) is 3.51. The van der Waals surface area contributed by atoms with Crippen LogP contribution in [0.25, 0.3) is 0 Å². The minimum atomic E-state index is -0.00489. The SMILES string of the molecule is N#CCCCNC(=O)CC1CNCCO1. The van der Waals surface area contributed by atoms with E-state index in [1.165, 1.54) is 0 Å². The van der Waals surface area contributed by atoms with Gasteiger partial charge in [0.25, 0.3) is 0 Å². The van der Waals surface area contributed by atoms with Crippen LogP contribution in [0, 0.1) is 11.3 Å². The predicted molar refractivity (Wildman–Crippen MR) is 55.1 cm³/mol. The number of hydrogen-bond donors (Lipinski definition) is 2. The van der Waals surface area contributed by atoms with E-state index in [-0.39, 0.29) is 12.0 Å². The van der Waals surface area contributed by atoms with E-state index in [2.05, 4.69) is 10.6 Å². The third-order valence-corrected chi connectivity index (χ3v) is 2.20. The second kappa shape index (κ2) is 7.21. The molecule has 1 saturated heterocycles. The van der Waals surface area contributed by atoms with Crippen LogP contribution in [-0.4, -0.2) is 38.3 Å². The highest BCUT2D eigenvalue weighted by Gasteiger charge is 2.16. The van der Waals surface area contributed by atoms with E-state index in [0.29, 0.717) is 32.4 Å². The van der Waals surface area contributed by atoms with E-state index >= 15 is 0 Å². The zero-order valence-electron chi connectivity index (χ0n) is 8.79. The molecule has 1 amide bonds. The molecule has 5 heteroatoms. The van der Waals surface area contributed by atoms with Gasteiger partial charge in [0, 0.05) is 26.1 Å². The van der Waals surface area contributed by atoms with Crippen molar-refractivity contribution in [1.29, 1.82) is 5.26 Å². The maximum Gasteiger partial charge on any atom is 0.222 e. The van der Waals surface area contributed by atoms with Gasteiger partial charge in [0.05, 0.1) is 25.2 Å². The standard InChI is InChI=1S/C10H17N3O2/c11-3-1-2-4-13-10(14)7-9-8-12-5-6-15-9/h9,12H,1-2,4-8H2,(H,13,14). The lowest BCUT2D eigenvalue weighted by molar-refractivity contribution is -0.124. The fourth-order valence-electron chi connectivity index (χ4n) is 1.43. The molecule has 0 aromatic heterocycles. The Bertz CT molecular complexity index is 231. The van der Waals surface area contributed by atoms with Crippen molar-refractivity contribution < 1.29 is 9.53 Å². The fraction of sp³-hybridized carbons (Fsp3) is 0.800. The first-order chi connectivity index (χ1) is 7.33. The third kappa shape index (κ3) is 5.35. The smallest absolute Gasteiger partial charge is 0.222 e. The highest BCUT2D eigenvalue weighted by molar-refractivity contribution is 5.76. The second-order valence-electron chi connectivity index (χ2n) is 3.51. The van der Waals surface area contributed by atoms with Gasteiger partial charge in [-0.15, -0.1) is 0 Å². The summed E-state index contributed by atoms with van der Waals surface area (Å²) in [5.74, 6) is 0.00152. The minimum absolute atomic E-state index is 0.00152. The zero-order chi connectivity index (χ0) is 10.9. The Morgan fingerprint density at radius 2 is 2.53 bits per heavy atom. The molecule has 1 heterocycles. The summed E-state index contributed by atoms with van der Waals surface area (Å²) in [6.45, 7) is 2.85. The van der Waals surface area contributed by atoms with Crippen LogP contribution < -0.4 is 10.6 Å². The Morgan fingerprint density at radius 3 is 3.20 bits per heavy atom. The average molecular weight is 211 g/mol. The molecule has 1 rings (SSSR count). The largest absolute Gasteiger partial charge is 0.375 e. The molecule has 2 N–H and O–H groups in total. The number of amides is 1. The first-order valence-electron chi connectivity index (χ1n) is 5.29. The molecule has 0 radical (unpaired) electrons. The Balaban J connectivity index is 2.04. The molecule has 1 aliphatic rings. The van der Waals surface area contributed by atoms with Crippen LogP contribution in [0.3, 0.4) is 0 Å². The Labute approximate surface area is 89.8 Å². The molecule has 84 valence electrons. The van der Waals surface area contributed by atoms with Gasteiger partial charge in [-0.2, -0.15) is 5.26 Å². The van der Waals surface area contributed by atoms with Crippen molar-refractivity contribution in [2.75, 3.05) is 26.2 Å². The monoisotopic (exact) mass is 211 g/mol. The maximum absolute atomic E-state index is 11.4. The van der Waals surface area contributed by atoms with Crippen LogP contribution in [0.5, 0.6) is 0 Å². The Kier molecular flexibility index (Phi) is 5.74. The Morgan fingerprint density at radius 1 is 1.67 bits per heavy atom. The summed E-state index contributed by atoms with van der Waals surface area (Å²) >= 11 is 0. The first kappa shape index (κ1) is 12.0. The number of carbonyl (C=O) groups is 1. The highest BCUT2D eigenvalue weighted by Crippen LogP contribution is 2.00. The molecular formula is C10H17N3O2. The summed E-state index contributed by atoms with van der Waals surface area (Å²) in [5.41, 5.74) is 0. The highest BCUT2D eigenvalue weighted by atomic mass is 16.5. The van der Waals surface area contributed by atoms with Crippen LogP contribution in [-0.2, 0) is 9.53 Å². The number of carbonyl (C=O) groups excluding carboxylic acids is 1. The van der Waals surface area contributed by atoms with Crippen molar-refractivity contribution in [2.24, 2.45) is 0 Å². The molecule has 1 unspecified atom stereocenters. The number of nitrogens with zero attached hydrogens (tertiary/aromatic N) is 1. The van der Waals surface area contributed by atoms with Gasteiger partial charge in [0.1, 0.15) is 0 Å². The molecule has 1 atom stereocenters. The first-order valence-corrected chi connectivity index (χ1v) is 5.29. The van der Waals surface area contributed by atoms with Gasteiger partial charge in [-0.3, -0.25) is 4.79 Å². The molecule has 0 spiro atoms. The van der Waals surface area contributed by atoms with Gasteiger partial charge in [0.15, 0.2) is 0 Å². The maximum atomic E-state index is 11.4. The fourth-order valence-corrected chi connectivity index (χ4v) is 1.43. The van der Waals surface area contributed by atoms with Crippen LogP contribution in [0.1, 0.15) is 19.3 Å². The summed E-state index contributed by atoms with van der Waals surface area (Å²) < 4.78 is 5.40. The van der Waals surface area contributed by atoms with Crippen LogP contribution in [0.15, 0.2) is 0 Å². The van der Waals surface area contributed by atoms with Gasteiger partial charge in [-0.25, -0.2) is 0 Å². The lowest BCUT2D eigenvalue weighted by Gasteiger charge is -2.22. The minimum Gasteiger partial charge on any atom is -0.375 e. The third-order valence-electron chi connectivity index (χ3n) is 2.20. The van der Waals surface area contributed by atoms with Gasteiger partial charge >= 0.3 is 0 Å². The topological polar surface area (TPSA) is 74.2 Å². The van der Waals surface area contributed by atoms with Crippen molar-refractivity contribution in [3.63, 3.8) is 0 Å². The quantitative estimate of drug-likeness (QED) is 0.617. The van der Waals surface area contributed by atoms with Crippen LogP contribution >= 0.6 is 0 Å². The molecule has 15 heavy (non-hydrogen) atoms. The van der Waals surface area contributed by atoms with Crippen LogP contribution in [0.4, 0.5) is 0 Å². The van der Waals surface area contributed by atoms with Crippen molar-refractivity contribution in [3.8, 4) is 6.07 Å². The zero-order valence-corrected chi connectivity index (χ0v) is 8.79. The summed E-state index contributed by atoms with van der Waals surface area (Å²) in [5, 5.41) is 14.2. The van der Waals surface area contributed by atoms with Gasteiger partial charge in [0.2, 0.25) is 5.91 Å². The molecule has 1 fully saturated rings. The normalized spacial score (nSPS) is 20.6. The van der Waals surface area contributed by atoms with E-state index in [1.54, 1.807) is 0 Å². The molecule has 0 aliphatic carbocycles. The molecule has 0 aromatic carbocycles. The number of nitriles is 1. The lowest BCUT2D eigenvalue weighted by Crippen LogP contribution is -2.41. The lowest BCUT2D eigenvalue weighted by atomic mass is 10.2. The van der Waals surface area contributed by atoms with E-state index in [1.807, 2.05) is 6.07 Å². The predicted octanol–water partition coefficient (Wildman–Crippen LogP) is -0.215. The number of nitrogens with one attached hydrogen (secondary N) is 2. The van der Waals surface area contributed by atoms with Crippen molar-refractivity contribution in [3.05, 3.63) is 0 Å². The number of morpholine rings is 1. The summed E-state index contributed by atoms with van der Waals surface area (Å²) in [6.07, 6.45) is 1.60. The van der Waals surface area contributed by atoms with Crippen LogP contribution in [0.2, 0.25) is 0 Å². The molecule has 0 saturated carbocycles. The summed E-state index contributed by atoms with van der Waals surface area (Å²) in [7, 11) is 0. The van der Waals surface area contributed by atoms with Gasteiger partial charge < -0.3 is 15.4 Å². The van der Waals surface area contributed by atoms with E-state index < -0.39 is 0 Å². The molecule has 0 aromatic rings. The van der Waals surface area contributed by atoms with E-state index in [4.69, 9.17) is 10.00 Å². The number of ether oxygens (including phenoxy) is 1. The van der Waals surface area contributed by atoms with Gasteiger partial charge in [-0.1, -0.05) is 0 Å². The number of rotatable bonds is 5. The van der Waals surface area contributed by atoms with Crippen molar-refractivity contribution in [2.45, 2.75) is 25.4 Å². The van der Waals surface area contributed by atoms with E-state index in [9.17, 15) is 4.79 Å². The van der Waals surface area contributed by atoms with Crippen molar-refractivity contribution in [1.82, 2.24) is 10.6 Å². The molecular weight excluding hydrogens is 194 g/mol. The molecule has 1 aliphatic heterocycles. The molecule has 0 bridgehead atoms. The number of hydrogen-bond acceptors (Lipinski definition) is 4. The average Bonchev–Trinajstić information content (AvgIpc) is 2.26. The summed E-state index contributed by atoms with van der Waals surface area (Å²) in [6, 6.07) is 2.04. The van der Waals surface area contributed by atoms with Crippen molar-refractivity contribution >= 4 is 5.91 Å². The number of unbranched alkanes of at least 4 members (excludes halogenated alkanes) is 1. The Hall–Kier alpha value is -1.12. The molecule has 5 nitrogen and oxygen atoms in total. The summed E-state index contributed by atoms with van der Waals surface area (Å²) in [4.78, 5) is 11.4.